The Morgan fingerprint density at radius 3 is 2.12 bits per heavy atom. The molecule has 7 heteroatoms. The van der Waals surface area contributed by atoms with Crippen molar-refractivity contribution in [2.75, 3.05) is 0 Å². The van der Waals surface area contributed by atoms with Gasteiger partial charge in [-0.1, -0.05) is 23.7 Å². The molecule has 0 saturated heterocycles. The molecule has 1 aromatic carbocycles. The van der Waals surface area contributed by atoms with Crippen molar-refractivity contribution in [3.8, 4) is 0 Å². The largest absolute Gasteiger partial charge is 0.455 e. The predicted octanol–water partition coefficient (Wildman–Crippen LogP) is 3.85. The Hall–Kier alpha value is -0.880. The van der Waals surface area contributed by atoms with Crippen molar-refractivity contribution in [3.63, 3.8) is 0 Å². The van der Waals surface area contributed by atoms with Gasteiger partial charge in [-0.2, -0.15) is 22.0 Å². The summed E-state index contributed by atoms with van der Waals surface area (Å²) in [5, 5.41) is -0.207. The molecular weight excluding hydrogens is 265 g/mol. The van der Waals surface area contributed by atoms with E-state index in [1.165, 1.54) is 25.1 Å². The lowest BCUT2D eigenvalue weighted by Crippen LogP contribution is -2.46. The maximum Gasteiger partial charge on any atom is 0.455 e. The fourth-order valence-corrected chi connectivity index (χ4v) is 1.74. The van der Waals surface area contributed by atoms with Crippen molar-refractivity contribution >= 4 is 11.6 Å². The Bertz CT molecular complexity index is 395. The molecule has 1 aromatic rings. The van der Waals surface area contributed by atoms with Crippen molar-refractivity contribution < 1.29 is 22.0 Å². The monoisotopic (exact) mass is 273 g/mol. The Labute approximate surface area is 99.4 Å². The third-order valence-corrected chi connectivity index (χ3v) is 2.68. The number of rotatable bonds is 2. The van der Waals surface area contributed by atoms with Gasteiger partial charge in [-0.25, -0.2) is 0 Å². The molecule has 0 aromatic heterocycles. The van der Waals surface area contributed by atoms with Gasteiger partial charge in [-0.15, -0.1) is 0 Å². The molecule has 1 nitrogen and oxygen atoms in total. The lowest BCUT2D eigenvalue weighted by Gasteiger charge is -2.27. The molecule has 96 valence electrons. The van der Waals surface area contributed by atoms with Crippen molar-refractivity contribution in [1.82, 2.24) is 0 Å². The molecule has 0 heterocycles. The highest BCUT2D eigenvalue weighted by Gasteiger charge is 2.62. The standard InChI is InChI=1S/C10H9ClF5N/c1-5-3-2-4-6(11)7(5)8(17)9(12,13)10(14,15)16/h2-4,8H,17H2,1H3/t8-/m1/s1. The molecule has 17 heavy (non-hydrogen) atoms. The summed E-state index contributed by atoms with van der Waals surface area (Å²) in [6, 6.07) is 1.51. The maximum atomic E-state index is 13.1. The molecule has 1 atom stereocenters. The Morgan fingerprint density at radius 1 is 1.18 bits per heavy atom. The first kappa shape index (κ1) is 14.2. The number of alkyl halides is 5. The second kappa shape index (κ2) is 4.42. The van der Waals surface area contributed by atoms with Crippen LogP contribution >= 0.6 is 11.6 Å². The van der Waals surface area contributed by atoms with Crippen LogP contribution in [0.3, 0.4) is 0 Å². The van der Waals surface area contributed by atoms with E-state index >= 15 is 0 Å². The van der Waals surface area contributed by atoms with E-state index in [2.05, 4.69) is 0 Å². The Balaban J connectivity index is 3.26. The maximum absolute atomic E-state index is 13.1. The minimum atomic E-state index is -5.71. The molecule has 0 spiro atoms. The molecule has 0 amide bonds. The van der Waals surface area contributed by atoms with Gasteiger partial charge in [-0.3, -0.25) is 0 Å². The second-order valence-corrected chi connectivity index (χ2v) is 3.98. The van der Waals surface area contributed by atoms with Crippen molar-refractivity contribution in [2.24, 2.45) is 5.73 Å². The zero-order valence-electron chi connectivity index (χ0n) is 8.65. The molecule has 0 unspecified atom stereocenters. The number of hydrogen-bond acceptors (Lipinski definition) is 1. The fourth-order valence-electron chi connectivity index (χ4n) is 1.40. The van der Waals surface area contributed by atoms with Crippen molar-refractivity contribution in [2.45, 2.75) is 25.1 Å². The summed E-state index contributed by atoms with van der Waals surface area (Å²) in [4.78, 5) is 0. The normalized spacial score (nSPS) is 14.8. The summed E-state index contributed by atoms with van der Waals surface area (Å²) in [5.74, 6) is -5.03. The van der Waals surface area contributed by atoms with E-state index in [0.717, 1.165) is 0 Å². The molecule has 2 N–H and O–H groups in total. The van der Waals surface area contributed by atoms with E-state index in [0.29, 0.717) is 0 Å². The molecule has 0 fully saturated rings. The van der Waals surface area contributed by atoms with Crippen molar-refractivity contribution in [3.05, 3.63) is 34.3 Å². The highest BCUT2D eigenvalue weighted by Crippen LogP contribution is 2.45. The number of hydrogen-bond donors (Lipinski definition) is 1. The summed E-state index contributed by atoms with van der Waals surface area (Å²) in [6.07, 6.45) is -5.71. The average Bonchev–Trinajstić information content (AvgIpc) is 2.15. The summed E-state index contributed by atoms with van der Waals surface area (Å²) in [5.41, 5.74) is 4.80. The van der Waals surface area contributed by atoms with Crippen LogP contribution in [-0.2, 0) is 0 Å². The number of benzene rings is 1. The zero-order chi connectivity index (χ0) is 13.4. The SMILES string of the molecule is Cc1cccc(Cl)c1[C@@H](N)C(F)(F)C(F)(F)F. The predicted molar refractivity (Wildman–Crippen MR) is 54.1 cm³/mol. The van der Waals surface area contributed by atoms with Crippen LogP contribution in [0.15, 0.2) is 18.2 Å². The minimum absolute atomic E-state index is 0.189. The zero-order valence-corrected chi connectivity index (χ0v) is 9.41. The van der Waals surface area contributed by atoms with E-state index in [1.807, 2.05) is 0 Å². The van der Waals surface area contributed by atoms with Gasteiger partial charge in [0.15, 0.2) is 0 Å². The van der Waals surface area contributed by atoms with Crippen LogP contribution in [0.5, 0.6) is 0 Å². The highest BCUT2D eigenvalue weighted by atomic mass is 35.5. The molecule has 0 aliphatic rings. The second-order valence-electron chi connectivity index (χ2n) is 3.57. The van der Waals surface area contributed by atoms with Crippen LogP contribution in [0, 0.1) is 6.92 Å². The van der Waals surface area contributed by atoms with E-state index in [1.54, 1.807) is 0 Å². The molecule has 1 rings (SSSR count). The van der Waals surface area contributed by atoms with Crippen LogP contribution in [0.25, 0.3) is 0 Å². The van der Waals surface area contributed by atoms with Crippen LogP contribution in [-0.4, -0.2) is 12.1 Å². The van der Waals surface area contributed by atoms with Gasteiger partial charge in [-0.05, 0) is 24.1 Å². The number of nitrogens with two attached hydrogens (primary N) is 1. The van der Waals surface area contributed by atoms with Gasteiger partial charge in [0.25, 0.3) is 0 Å². The smallest absolute Gasteiger partial charge is 0.319 e. The molecule has 0 aliphatic carbocycles. The molecule has 0 aliphatic heterocycles. The average molecular weight is 274 g/mol. The Morgan fingerprint density at radius 2 is 1.71 bits per heavy atom. The quantitative estimate of drug-likeness (QED) is 0.814. The molecule has 0 radical (unpaired) electrons. The highest BCUT2D eigenvalue weighted by molar-refractivity contribution is 6.31. The summed E-state index contributed by atoms with van der Waals surface area (Å²) in [6.45, 7) is 1.37. The minimum Gasteiger partial charge on any atom is -0.319 e. The lowest BCUT2D eigenvalue weighted by atomic mass is 9.96. The van der Waals surface area contributed by atoms with Gasteiger partial charge >= 0.3 is 12.1 Å². The van der Waals surface area contributed by atoms with Crippen LogP contribution < -0.4 is 5.73 Å². The first-order valence-corrected chi connectivity index (χ1v) is 4.92. The van der Waals surface area contributed by atoms with E-state index < -0.39 is 23.7 Å². The Kier molecular flexibility index (Phi) is 3.69. The third-order valence-electron chi connectivity index (χ3n) is 2.35. The number of aryl methyl sites for hydroxylation is 1. The van der Waals surface area contributed by atoms with Crippen molar-refractivity contribution in [1.29, 1.82) is 0 Å². The van der Waals surface area contributed by atoms with Gasteiger partial charge in [0, 0.05) is 5.02 Å². The first-order chi connectivity index (χ1) is 7.59. The third kappa shape index (κ3) is 2.52. The van der Waals surface area contributed by atoms with E-state index in [4.69, 9.17) is 17.3 Å². The van der Waals surface area contributed by atoms with E-state index in [-0.39, 0.29) is 10.6 Å². The molecule has 0 saturated carbocycles. The van der Waals surface area contributed by atoms with E-state index in [9.17, 15) is 22.0 Å². The van der Waals surface area contributed by atoms with Gasteiger partial charge in [0.1, 0.15) is 6.04 Å². The summed E-state index contributed by atoms with van der Waals surface area (Å²) >= 11 is 5.60. The first-order valence-electron chi connectivity index (χ1n) is 4.54. The fraction of sp³-hybridized carbons (Fsp3) is 0.400. The van der Waals surface area contributed by atoms with Gasteiger partial charge in [0.2, 0.25) is 0 Å². The lowest BCUT2D eigenvalue weighted by molar-refractivity contribution is -0.291. The number of halogens is 6. The van der Waals surface area contributed by atoms with Crippen LogP contribution in [0.1, 0.15) is 17.2 Å². The molecule has 0 bridgehead atoms. The topological polar surface area (TPSA) is 26.0 Å². The summed E-state index contributed by atoms with van der Waals surface area (Å²) in [7, 11) is 0. The molecular formula is C10H9ClF5N. The van der Waals surface area contributed by atoms with Gasteiger partial charge in [0.05, 0.1) is 0 Å². The van der Waals surface area contributed by atoms with Crippen LogP contribution in [0.2, 0.25) is 5.02 Å². The van der Waals surface area contributed by atoms with Crippen LogP contribution in [0.4, 0.5) is 22.0 Å². The van der Waals surface area contributed by atoms with Gasteiger partial charge < -0.3 is 5.73 Å². The summed E-state index contributed by atoms with van der Waals surface area (Å²) < 4.78 is 62.6.